The van der Waals surface area contributed by atoms with Gasteiger partial charge in [-0.15, -0.1) is 0 Å². The average Bonchev–Trinajstić information content (AvgIpc) is 2.65. The second kappa shape index (κ2) is 7.27. The standard InChI is InChI=1S/C14H21ClN2S/c1-2-16-11-12-4-5-14(13(15)10-12)17-6-3-8-18-9-7-17/h4-5,10,16H,2-3,6-9,11H2,1H3. The van der Waals surface area contributed by atoms with Crippen molar-refractivity contribution in [2.24, 2.45) is 0 Å². The van der Waals surface area contributed by atoms with Crippen molar-refractivity contribution in [3.05, 3.63) is 28.8 Å². The first-order valence-corrected chi connectivity index (χ1v) is 8.16. The molecule has 1 aromatic rings. The second-order valence-electron chi connectivity index (χ2n) is 4.52. The molecule has 4 heteroatoms. The van der Waals surface area contributed by atoms with Gasteiger partial charge in [-0.2, -0.15) is 11.8 Å². The number of benzene rings is 1. The van der Waals surface area contributed by atoms with Crippen molar-refractivity contribution in [1.82, 2.24) is 5.32 Å². The lowest BCUT2D eigenvalue weighted by Gasteiger charge is -2.23. The third-order valence-electron chi connectivity index (χ3n) is 3.15. The van der Waals surface area contributed by atoms with Gasteiger partial charge in [0.1, 0.15) is 0 Å². The Hall–Kier alpha value is -0.380. The lowest BCUT2D eigenvalue weighted by Crippen LogP contribution is -2.25. The number of halogens is 1. The molecule has 2 rings (SSSR count). The van der Waals surface area contributed by atoms with Gasteiger partial charge in [-0.25, -0.2) is 0 Å². The van der Waals surface area contributed by atoms with Gasteiger partial charge in [-0.3, -0.25) is 0 Å². The minimum absolute atomic E-state index is 0.886. The van der Waals surface area contributed by atoms with Gasteiger partial charge in [0.2, 0.25) is 0 Å². The highest BCUT2D eigenvalue weighted by Gasteiger charge is 2.13. The molecule has 0 aromatic heterocycles. The van der Waals surface area contributed by atoms with Crippen LogP contribution in [0.5, 0.6) is 0 Å². The lowest BCUT2D eigenvalue weighted by molar-refractivity contribution is 0.726. The van der Waals surface area contributed by atoms with E-state index in [0.29, 0.717) is 0 Å². The SMILES string of the molecule is CCNCc1ccc(N2CCCSCC2)c(Cl)c1. The van der Waals surface area contributed by atoms with Crippen LogP contribution in [0.15, 0.2) is 18.2 Å². The van der Waals surface area contributed by atoms with Crippen molar-refractivity contribution >= 4 is 29.1 Å². The minimum Gasteiger partial charge on any atom is -0.369 e. The molecule has 100 valence electrons. The molecule has 0 bridgehead atoms. The van der Waals surface area contributed by atoms with Crippen LogP contribution in [0.3, 0.4) is 0 Å². The van der Waals surface area contributed by atoms with E-state index in [4.69, 9.17) is 11.6 Å². The summed E-state index contributed by atoms with van der Waals surface area (Å²) in [6, 6.07) is 6.45. The fourth-order valence-corrected chi connectivity index (χ4v) is 3.38. The second-order valence-corrected chi connectivity index (χ2v) is 6.15. The maximum Gasteiger partial charge on any atom is 0.0642 e. The number of nitrogens with zero attached hydrogens (tertiary/aromatic N) is 1. The van der Waals surface area contributed by atoms with Gasteiger partial charge in [-0.05, 0) is 36.4 Å². The summed E-state index contributed by atoms with van der Waals surface area (Å²) in [5, 5.41) is 4.21. The Bertz CT molecular complexity index is 376. The average molecular weight is 285 g/mol. The summed E-state index contributed by atoms with van der Waals surface area (Å²) in [5.41, 5.74) is 2.45. The van der Waals surface area contributed by atoms with Crippen molar-refractivity contribution in [1.29, 1.82) is 0 Å². The summed E-state index contributed by atoms with van der Waals surface area (Å²) in [7, 11) is 0. The summed E-state index contributed by atoms with van der Waals surface area (Å²) < 4.78 is 0. The number of thioether (sulfide) groups is 1. The van der Waals surface area contributed by atoms with Crippen molar-refractivity contribution in [2.45, 2.75) is 19.9 Å². The Labute approximate surface area is 119 Å². The Kier molecular flexibility index (Phi) is 5.67. The first kappa shape index (κ1) is 14.0. The van der Waals surface area contributed by atoms with Crippen LogP contribution in [-0.4, -0.2) is 31.1 Å². The zero-order valence-electron chi connectivity index (χ0n) is 10.9. The summed E-state index contributed by atoms with van der Waals surface area (Å²) in [6.07, 6.45) is 1.25. The molecule has 0 radical (unpaired) electrons. The molecule has 0 spiro atoms. The molecule has 1 saturated heterocycles. The number of anilines is 1. The predicted molar refractivity (Wildman–Crippen MR) is 83.0 cm³/mol. The number of rotatable bonds is 4. The van der Waals surface area contributed by atoms with E-state index in [1.165, 1.54) is 29.2 Å². The van der Waals surface area contributed by atoms with Crippen molar-refractivity contribution < 1.29 is 0 Å². The zero-order valence-corrected chi connectivity index (χ0v) is 12.5. The maximum absolute atomic E-state index is 6.42. The molecule has 1 aromatic carbocycles. The topological polar surface area (TPSA) is 15.3 Å². The van der Waals surface area contributed by atoms with Crippen LogP contribution < -0.4 is 10.2 Å². The number of hydrogen-bond acceptors (Lipinski definition) is 3. The van der Waals surface area contributed by atoms with Crippen LogP contribution in [-0.2, 0) is 6.54 Å². The predicted octanol–water partition coefficient (Wildman–Crippen LogP) is 3.39. The van der Waals surface area contributed by atoms with Gasteiger partial charge in [-0.1, -0.05) is 24.6 Å². The molecule has 1 fully saturated rings. The first-order chi connectivity index (χ1) is 8.81. The van der Waals surface area contributed by atoms with Gasteiger partial charge in [0.25, 0.3) is 0 Å². The molecule has 0 unspecified atom stereocenters. The maximum atomic E-state index is 6.42. The highest BCUT2D eigenvalue weighted by molar-refractivity contribution is 7.99. The van der Waals surface area contributed by atoms with E-state index < -0.39 is 0 Å². The molecular formula is C14H21ClN2S. The molecule has 0 saturated carbocycles. The Morgan fingerprint density at radius 2 is 2.22 bits per heavy atom. The Morgan fingerprint density at radius 3 is 3.00 bits per heavy atom. The first-order valence-electron chi connectivity index (χ1n) is 6.63. The van der Waals surface area contributed by atoms with E-state index >= 15 is 0 Å². The summed E-state index contributed by atoms with van der Waals surface area (Å²) >= 11 is 8.46. The quantitative estimate of drug-likeness (QED) is 0.912. The molecule has 1 N–H and O–H groups in total. The Morgan fingerprint density at radius 1 is 1.33 bits per heavy atom. The third-order valence-corrected chi connectivity index (χ3v) is 4.51. The van der Waals surface area contributed by atoms with E-state index in [9.17, 15) is 0 Å². The summed E-state index contributed by atoms with van der Waals surface area (Å²) in [4.78, 5) is 2.42. The van der Waals surface area contributed by atoms with E-state index in [2.05, 4.69) is 35.3 Å². The van der Waals surface area contributed by atoms with E-state index in [-0.39, 0.29) is 0 Å². The molecule has 0 atom stereocenters. The summed E-state index contributed by atoms with van der Waals surface area (Å²) in [6.45, 7) is 6.23. The van der Waals surface area contributed by atoms with E-state index in [1.807, 2.05) is 11.8 Å². The Balaban J connectivity index is 2.08. The number of nitrogens with one attached hydrogen (secondary N) is 1. The van der Waals surface area contributed by atoms with Crippen LogP contribution in [0.4, 0.5) is 5.69 Å². The van der Waals surface area contributed by atoms with Gasteiger partial charge < -0.3 is 10.2 Å². The molecule has 2 nitrogen and oxygen atoms in total. The molecule has 0 aliphatic carbocycles. The van der Waals surface area contributed by atoms with Gasteiger partial charge in [0.05, 0.1) is 10.7 Å². The van der Waals surface area contributed by atoms with Crippen LogP contribution in [0.1, 0.15) is 18.9 Å². The van der Waals surface area contributed by atoms with Gasteiger partial charge >= 0.3 is 0 Å². The van der Waals surface area contributed by atoms with Gasteiger partial charge in [0.15, 0.2) is 0 Å². The van der Waals surface area contributed by atoms with Crippen molar-refractivity contribution in [3.63, 3.8) is 0 Å². The molecule has 1 aliphatic rings. The van der Waals surface area contributed by atoms with Gasteiger partial charge in [0, 0.05) is 25.4 Å². The normalized spacial score (nSPS) is 16.7. The highest BCUT2D eigenvalue weighted by Crippen LogP contribution is 2.28. The summed E-state index contributed by atoms with van der Waals surface area (Å²) in [5.74, 6) is 2.47. The number of hydrogen-bond donors (Lipinski definition) is 1. The molecule has 18 heavy (non-hydrogen) atoms. The van der Waals surface area contributed by atoms with Crippen LogP contribution in [0.2, 0.25) is 5.02 Å². The largest absolute Gasteiger partial charge is 0.369 e. The van der Waals surface area contributed by atoms with E-state index in [1.54, 1.807) is 0 Å². The van der Waals surface area contributed by atoms with Crippen LogP contribution in [0.25, 0.3) is 0 Å². The van der Waals surface area contributed by atoms with E-state index in [0.717, 1.165) is 31.2 Å². The minimum atomic E-state index is 0.886. The molecule has 1 aliphatic heterocycles. The third kappa shape index (κ3) is 3.81. The zero-order chi connectivity index (χ0) is 12.8. The monoisotopic (exact) mass is 284 g/mol. The van der Waals surface area contributed by atoms with Crippen LogP contribution in [0, 0.1) is 0 Å². The fourth-order valence-electron chi connectivity index (χ4n) is 2.17. The van der Waals surface area contributed by atoms with Crippen molar-refractivity contribution in [2.75, 3.05) is 36.0 Å². The molecular weight excluding hydrogens is 264 g/mol. The highest BCUT2D eigenvalue weighted by atomic mass is 35.5. The lowest BCUT2D eigenvalue weighted by atomic mass is 10.2. The molecule has 1 heterocycles. The smallest absolute Gasteiger partial charge is 0.0642 e. The van der Waals surface area contributed by atoms with Crippen LogP contribution >= 0.6 is 23.4 Å². The van der Waals surface area contributed by atoms with Crippen molar-refractivity contribution in [3.8, 4) is 0 Å². The molecule has 0 amide bonds. The fraction of sp³-hybridized carbons (Fsp3) is 0.571.